The van der Waals surface area contributed by atoms with Crippen LogP contribution in [-0.2, 0) is 16.0 Å². The van der Waals surface area contributed by atoms with Gasteiger partial charge >= 0.3 is 11.9 Å². The normalized spacial score (nSPS) is 14.0. The summed E-state index contributed by atoms with van der Waals surface area (Å²) in [6.07, 6.45) is 7.66. The maximum atomic E-state index is 13.5. The van der Waals surface area contributed by atoms with Gasteiger partial charge in [-0.15, -0.1) is 0 Å². The Morgan fingerprint density at radius 2 is 1.88 bits per heavy atom. The molecule has 2 aromatic carbocycles. The molecule has 0 radical (unpaired) electrons. The van der Waals surface area contributed by atoms with Gasteiger partial charge in [0.1, 0.15) is 17.0 Å². The smallest absolute Gasteiger partial charge is 0.414 e. The van der Waals surface area contributed by atoms with Crippen molar-refractivity contribution in [3.8, 4) is 0 Å². The number of furan rings is 2. The molecule has 0 saturated carbocycles. The van der Waals surface area contributed by atoms with Gasteiger partial charge in [-0.05, 0) is 48.2 Å². The molecular formula is C25H22FNO6. The minimum atomic E-state index is -1.82. The number of para-hydroxylation sites is 1. The van der Waals surface area contributed by atoms with Crippen LogP contribution in [0.15, 0.2) is 69.9 Å². The zero-order valence-electron chi connectivity index (χ0n) is 17.7. The number of fused-ring (bicyclic) bond motifs is 2. The largest absolute Gasteiger partial charge is 0.473 e. The lowest BCUT2D eigenvalue weighted by Crippen LogP contribution is -2.30. The molecule has 8 heteroatoms. The topological polar surface area (TPSA) is 104 Å². The van der Waals surface area contributed by atoms with Gasteiger partial charge in [0.05, 0.1) is 12.5 Å². The second-order valence-electron chi connectivity index (χ2n) is 7.69. The minimum Gasteiger partial charge on any atom is -0.473 e. The maximum Gasteiger partial charge on any atom is 0.414 e. The molecule has 33 heavy (non-hydrogen) atoms. The third-order valence-corrected chi connectivity index (χ3v) is 5.61. The van der Waals surface area contributed by atoms with E-state index in [1.807, 2.05) is 6.07 Å². The van der Waals surface area contributed by atoms with Crippen molar-refractivity contribution in [1.29, 1.82) is 0 Å². The molecule has 0 unspecified atom stereocenters. The summed E-state index contributed by atoms with van der Waals surface area (Å²) in [5, 5.41) is 16.8. The van der Waals surface area contributed by atoms with E-state index in [1.54, 1.807) is 24.7 Å². The second kappa shape index (κ2) is 9.70. The van der Waals surface area contributed by atoms with Gasteiger partial charge in [0.2, 0.25) is 0 Å². The molecule has 4 aromatic rings. The van der Waals surface area contributed by atoms with Crippen LogP contribution in [-0.4, -0.2) is 46.7 Å². The number of hydrogen-bond acceptors (Lipinski definition) is 5. The fourth-order valence-electron chi connectivity index (χ4n) is 3.93. The van der Waals surface area contributed by atoms with Crippen LogP contribution in [0.5, 0.6) is 0 Å². The monoisotopic (exact) mass is 451 g/mol. The summed E-state index contributed by atoms with van der Waals surface area (Å²) < 4.78 is 24.7. The summed E-state index contributed by atoms with van der Waals surface area (Å²) >= 11 is 0. The highest BCUT2D eigenvalue weighted by molar-refractivity contribution is 6.27. The Balaban J connectivity index is 0.000000385. The van der Waals surface area contributed by atoms with Crippen molar-refractivity contribution in [2.45, 2.75) is 12.8 Å². The quantitative estimate of drug-likeness (QED) is 0.429. The van der Waals surface area contributed by atoms with E-state index in [2.05, 4.69) is 29.2 Å². The van der Waals surface area contributed by atoms with E-state index < -0.39 is 11.9 Å². The summed E-state index contributed by atoms with van der Waals surface area (Å²) in [5.41, 5.74) is 5.35. The van der Waals surface area contributed by atoms with Gasteiger partial charge in [0.25, 0.3) is 0 Å². The SMILES string of the molecule is Fc1ccc2occ(CCN3CC=C(c4cccc5ccoc45)CC3)c2c1.O=C(O)C(=O)O. The molecule has 3 heterocycles. The number of hydrogen-bond donors (Lipinski definition) is 2. The van der Waals surface area contributed by atoms with Crippen molar-refractivity contribution in [3.05, 3.63) is 78.0 Å². The summed E-state index contributed by atoms with van der Waals surface area (Å²) in [4.78, 5) is 20.6. The number of nitrogens with zero attached hydrogens (tertiary/aromatic N) is 1. The highest BCUT2D eigenvalue weighted by Crippen LogP contribution is 2.30. The Morgan fingerprint density at radius 3 is 2.61 bits per heavy atom. The van der Waals surface area contributed by atoms with Gasteiger partial charge in [-0.3, -0.25) is 4.90 Å². The molecule has 0 bridgehead atoms. The third-order valence-electron chi connectivity index (χ3n) is 5.61. The van der Waals surface area contributed by atoms with Gasteiger partial charge < -0.3 is 19.0 Å². The van der Waals surface area contributed by atoms with Crippen molar-refractivity contribution in [3.63, 3.8) is 0 Å². The Bertz CT molecular complexity index is 1320. The lowest BCUT2D eigenvalue weighted by molar-refractivity contribution is -0.159. The molecule has 1 aliphatic heterocycles. The molecule has 0 amide bonds. The van der Waals surface area contributed by atoms with Crippen LogP contribution >= 0.6 is 0 Å². The van der Waals surface area contributed by atoms with Crippen molar-refractivity contribution < 1.29 is 33.0 Å². The lowest BCUT2D eigenvalue weighted by atomic mass is 9.97. The number of rotatable bonds is 4. The highest BCUT2D eigenvalue weighted by Gasteiger charge is 2.16. The van der Waals surface area contributed by atoms with Crippen LogP contribution in [0, 0.1) is 5.82 Å². The molecule has 0 saturated heterocycles. The van der Waals surface area contributed by atoms with E-state index in [0.717, 1.165) is 60.0 Å². The summed E-state index contributed by atoms with van der Waals surface area (Å²) in [6, 6.07) is 13.0. The highest BCUT2D eigenvalue weighted by atomic mass is 19.1. The first-order valence-corrected chi connectivity index (χ1v) is 10.4. The summed E-state index contributed by atoms with van der Waals surface area (Å²) in [7, 11) is 0. The third kappa shape index (κ3) is 5.12. The van der Waals surface area contributed by atoms with Gasteiger partial charge in [-0.25, -0.2) is 14.0 Å². The number of benzene rings is 2. The minimum absolute atomic E-state index is 0.220. The standard InChI is InChI=1S/C23H20FNO2.C2H2O4/c24-19-4-5-22-21(14-19)18(15-27-22)8-12-25-10-6-16(7-11-25)20-3-1-2-17-9-13-26-23(17)20;3-1(4)2(5)6/h1-6,9,13-15H,7-8,10-12H2;(H,3,4)(H,5,6). The first-order valence-electron chi connectivity index (χ1n) is 10.4. The molecule has 0 atom stereocenters. The van der Waals surface area contributed by atoms with E-state index in [9.17, 15) is 4.39 Å². The number of carbonyl (C=O) groups is 2. The van der Waals surface area contributed by atoms with Crippen LogP contribution in [0.25, 0.3) is 27.5 Å². The van der Waals surface area contributed by atoms with E-state index in [-0.39, 0.29) is 5.82 Å². The molecule has 170 valence electrons. The van der Waals surface area contributed by atoms with Crippen molar-refractivity contribution in [2.75, 3.05) is 19.6 Å². The first kappa shape index (κ1) is 22.3. The van der Waals surface area contributed by atoms with Crippen molar-refractivity contribution in [2.24, 2.45) is 0 Å². The molecular weight excluding hydrogens is 429 g/mol. The van der Waals surface area contributed by atoms with Crippen LogP contribution in [0.1, 0.15) is 17.5 Å². The molecule has 7 nitrogen and oxygen atoms in total. The van der Waals surface area contributed by atoms with Crippen LogP contribution < -0.4 is 0 Å². The fraction of sp³-hybridized carbons (Fsp3) is 0.200. The van der Waals surface area contributed by atoms with E-state index in [0.29, 0.717) is 0 Å². The maximum absolute atomic E-state index is 13.5. The second-order valence-corrected chi connectivity index (χ2v) is 7.69. The van der Waals surface area contributed by atoms with Crippen LogP contribution in [0.3, 0.4) is 0 Å². The van der Waals surface area contributed by atoms with Gasteiger partial charge in [-0.2, -0.15) is 0 Å². The number of aliphatic carboxylic acids is 2. The molecule has 1 aliphatic rings. The van der Waals surface area contributed by atoms with Crippen LogP contribution in [0.4, 0.5) is 4.39 Å². The predicted octanol–water partition coefficient (Wildman–Crippen LogP) is 4.81. The van der Waals surface area contributed by atoms with Gasteiger partial charge in [-0.1, -0.05) is 24.3 Å². The Morgan fingerprint density at radius 1 is 1.06 bits per heavy atom. The van der Waals surface area contributed by atoms with Gasteiger partial charge in [0, 0.05) is 36.0 Å². The molecule has 0 spiro atoms. The molecule has 0 aliphatic carbocycles. The van der Waals surface area contributed by atoms with Crippen LogP contribution in [0.2, 0.25) is 0 Å². The molecule has 5 rings (SSSR count). The average molecular weight is 451 g/mol. The van der Waals surface area contributed by atoms with Crippen molar-refractivity contribution in [1.82, 2.24) is 4.90 Å². The lowest BCUT2D eigenvalue weighted by Gasteiger charge is -2.26. The van der Waals surface area contributed by atoms with E-state index in [1.165, 1.54) is 17.2 Å². The zero-order valence-corrected chi connectivity index (χ0v) is 17.7. The molecule has 2 N–H and O–H groups in total. The first-order chi connectivity index (χ1) is 15.9. The van der Waals surface area contributed by atoms with Crippen molar-refractivity contribution >= 4 is 39.5 Å². The summed E-state index contributed by atoms with van der Waals surface area (Å²) in [6.45, 7) is 2.85. The number of carboxylic acid groups (broad SMARTS) is 2. The Hall–Kier alpha value is -3.91. The summed E-state index contributed by atoms with van der Waals surface area (Å²) in [5.74, 6) is -3.87. The molecule has 2 aromatic heterocycles. The number of halogens is 1. The fourth-order valence-corrected chi connectivity index (χ4v) is 3.93. The number of carboxylic acids is 2. The average Bonchev–Trinajstić information content (AvgIpc) is 3.45. The zero-order chi connectivity index (χ0) is 23.4. The Kier molecular flexibility index (Phi) is 6.55. The predicted molar refractivity (Wildman–Crippen MR) is 120 cm³/mol. The van der Waals surface area contributed by atoms with E-state index >= 15 is 0 Å². The van der Waals surface area contributed by atoms with E-state index in [4.69, 9.17) is 28.6 Å². The molecule has 0 fully saturated rings. The van der Waals surface area contributed by atoms with Gasteiger partial charge in [0.15, 0.2) is 0 Å². The Labute approximate surface area is 188 Å².